The molecule has 0 spiro atoms. The molecule has 0 amide bonds. The molecule has 0 saturated carbocycles. The Bertz CT molecular complexity index is 3630. The van der Waals surface area contributed by atoms with Gasteiger partial charge in [0.05, 0.1) is 11.8 Å². The van der Waals surface area contributed by atoms with E-state index in [1.165, 1.54) is 99.6 Å². The third-order valence-corrected chi connectivity index (χ3v) is 15.2. The highest BCUT2D eigenvalue weighted by Crippen LogP contribution is 2.54. The molecule has 2 aromatic heterocycles. The number of anilines is 2. The lowest BCUT2D eigenvalue weighted by atomic mass is 9.59. The number of nitrogens with zero attached hydrogens (tertiary/aromatic N) is 1. The minimum atomic E-state index is -0.139. The van der Waals surface area contributed by atoms with E-state index in [0.717, 1.165) is 40.8 Å². The monoisotopic (exact) mass is 824 g/mol. The van der Waals surface area contributed by atoms with Crippen molar-refractivity contribution in [3.8, 4) is 50.2 Å². The fourth-order valence-electron chi connectivity index (χ4n) is 11.8. The van der Waals surface area contributed by atoms with E-state index in [2.05, 4.69) is 210 Å². The Balaban J connectivity index is 1.10. The normalized spacial score (nSPS) is 14.9. The summed E-state index contributed by atoms with van der Waals surface area (Å²) in [6.07, 6.45) is 1.94. The van der Waals surface area contributed by atoms with Gasteiger partial charge in [0.1, 0.15) is 5.58 Å². The zero-order valence-electron chi connectivity index (χ0n) is 37.6. The topological polar surface area (TPSA) is 30.1 Å². The Hall–Kier alpha value is -7.04. The molecule has 8 aromatic carbocycles. The van der Waals surface area contributed by atoms with Gasteiger partial charge in [0, 0.05) is 60.7 Å². The SMILES string of the molecule is CC(C)(C)c1ccc(Nc2cc3c(cc2-c2ccc4c5cc6c(cc5n5c4c2Bc2cc4occ(-c7ccccc7)c4cc2-5)-c2ccccc2C6(C)C)-c2ccccc2C3(C)C)cc1. The largest absolute Gasteiger partial charge is 0.464 e. The molecule has 2 aliphatic carbocycles. The molecule has 0 atom stereocenters. The van der Waals surface area contributed by atoms with Crippen LogP contribution in [0.4, 0.5) is 11.4 Å². The number of fused-ring (bicyclic) bond motifs is 12. The van der Waals surface area contributed by atoms with Gasteiger partial charge in [-0.05, 0) is 121 Å². The molecular formula is C60H49BN2O. The Labute approximate surface area is 375 Å². The van der Waals surface area contributed by atoms with E-state index in [4.69, 9.17) is 4.42 Å². The van der Waals surface area contributed by atoms with Crippen molar-refractivity contribution in [2.24, 2.45) is 0 Å². The quantitative estimate of drug-likeness (QED) is 0.179. The van der Waals surface area contributed by atoms with Crippen LogP contribution in [0.5, 0.6) is 0 Å². The highest BCUT2D eigenvalue weighted by atomic mass is 16.3. The summed E-state index contributed by atoms with van der Waals surface area (Å²) in [4.78, 5) is 0. The van der Waals surface area contributed by atoms with E-state index in [1.54, 1.807) is 0 Å². The number of nitrogens with one attached hydrogen (secondary N) is 1. The second-order valence-electron chi connectivity index (χ2n) is 20.6. The molecule has 64 heavy (non-hydrogen) atoms. The lowest BCUT2D eigenvalue weighted by molar-refractivity contribution is 0.590. The van der Waals surface area contributed by atoms with Crippen LogP contribution in [0.3, 0.4) is 0 Å². The van der Waals surface area contributed by atoms with Crippen molar-refractivity contribution in [2.75, 3.05) is 5.32 Å². The van der Waals surface area contributed by atoms with E-state index in [9.17, 15) is 0 Å². The molecule has 13 rings (SSSR count). The molecule has 1 N–H and O–H groups in total. The highest BCUT2D eigenvalue weighted by molar-refractivity contribution is 6.73. The first kappa shape index (κ1) is 37.5. The average molecular weight is 825 g/mol. The minimum absolute atomic E-state index is 0.0729. The van der Waals surface area contributed by atoms with E-state index in [0.29, 0.717) is 0 Å². The van der Waals surface area contributed by atoms with Crippen molar-refractivity contribution in [3.05, 3.63) is 186 Å². The second kappa shape index (κ2) is 12.8. The number of furan rings is 1. The van der Waals surface area contributed by atoms with E-state index >= 15 is 0 Å². The maximum Gasteiger partial charge on any atom is 0.198 e. The fraction of sp³-hybridized carbons (Fsp3) is 0.167. The zero-order valence-corrected chi connectivity index (χ0v) is 37.6. The molecule has 3 nitrogen and oxygen atoms in total. The van der Waals surface area contributed by atoms with Crippen LogP contribution in [0, 0.1) is 0 Å². The van der Waals surface area contributed by atoms with Crippen LogP contribution in [-0.2, 0) is 16.2 Å². The van der Waals surface area contributed by atoms with Gasteiger partial charge in [0.15, 0.2) is 7.28 Å². The molecule has 308 valence electrons. The van der Waals surface area contributed by atoms with Gasteiger partial charge in [-0.25, -0.2) is 0 Å². The van der Waals surface area contributed by atoms with E-state index < -0.39 is 0 Å². The number of benzene rings is 8. The Morgan fingerprint density at radius 3 is 1.89 bits per heavy atom. The van der Waals surface area contributed by atoms with Crippen LogP contribution in [0.1, 0.15) is 76.3 Å². The van der Waals surface area contributed by atoms with Crippen molar-refractivity contribution in [3.63, 3.8) is 0 Å². The molecule has 0 unspecified atom stereocenters. The molecule has 3 heterocycles. The molecule has 0 saturated heterocycles. The van der Waals surface area contributed by atoms with Gasteiger partial charge in [-0.1, -0.05) is 157 Å². The number of hydrogen-bond acceptors (Lipinski definition) is 2. The van der Waals surface area contributed by atoms with Crippen LogP contribution < -0.4 is 16.2 Å². The summed E-state index contributed by atoms with van der Waals surface area (Å²) in [5, 5.41) is 7.72. The molecule has 0 radical (unpaired) electrons. The second-order valence-corrected chi connectivity index (χ2v) is 20.6. The van der Waals surface area contributed by atoms with Gasteiger partial charge in [-0.15, -0.1) is 0 Å². The molecule has 0 bridgehead atoms. The summed E-state index contributed by atoms with van der Waals surface area (Å²) >= 11 is 0. The Morgan fingerprint density at radius 2 is 1.19 bits per heavy atom. The molecule has 1 aliphatic heterocycles. The zero-order chi connectivity index (χ0) is 43.4. The standard InChI is InChI=1S/C60H49BN2O/c1-58(2,3)35-21-23-36(24-22-35)62-52-31-50-41(37-17-11-13-19-47(37)60(50,6)7)27-43(52)39-25-26-40-44-28-49-42(38-18-12-14-20-48(38)59(49,4)5)29-53(44)63-54-30-45-46(34-15-9-8-10-16-34)33-64-55(45)32-51(54)61-56(39)57(40)63/h8-33,61-62H,1-7H3. The predicted molar refractivity (Wildman–Crippen MR) is 271 cm³/mol. The molecule has 3 aliphatic rings. The van der Waals surface area contributed by atoms with E-state index in [1.807, 2.05) is 6.26 Å². The van der Waals surface area contributed by atoms with Crippen LogP contribution in [0.25, 0.3) is 83.0 Å². The first-order valence-electron chi connectivity index (χ1n) is 22.9. The van der Waals surface area contributed by atoms with Gasteiger partial charge in [0.2, 0.25) is 0 Å². The fourth-order valence-corrected chi connectivity index (χ4v) is 11.8. The Kier molecular flexibility index (Phi) is 7.50. The van der Waals surface area contributed by atoms with Crippen LogP contribution in [0.2, 0.25) is 0 Å². The molecule has 10 aromatic rings. The summed E-state index contributed by atoms with van der Waals surface area (Å²) in [5.41, 5.74) is 26.2. The first-order chi connectivity index (χ1) is 30.9. The maximum atomic E-state index is 6.44. The third-order valence-electron chi connectivity index (χ3n) is 15.2. The number of aromatic nitrogens is 1. The Morgan fingerprint density at radius 1 is 0.531 bits per heavy atom. The third kappa shape index (κ3) is 5.11. The smallest absolute Gasteiger partial charge is 0.198 e. The van der Waals surface area contributed by atoms with Crippen molar-refractivity contribution in [1.29, 1.82) is 0 Å². The summed E-state index contributed by atoms with van der Waals surface area (Å²) in [6.45, 7) is 16.4. The van der Waals surface area contributed by atoms with Gasteiger partial charge >= 0.3 is 0 Å². The van der Waals surface area contributed by atoms with Crippen molar-refractivity contribution in [1.82, 2.24) is 4.57 Å². The number of hydrogen-bond donors (Lipinski definition) is 1. The van der Waals surface area contributed by atoms with Gasteiger partial charge < -0.3 is 14.3 Å². The molecule has 4 heteroatoms. The first-order valence-corrected chi connectivity index (χ1v) is 22.9. The highest BCUT2D eigenvalue weighted by Gasteiger charge is 2.39. The van der Waals surface area contributed by atoms with Crippen LogP contribution in [-0.4, -0.2) is 11.8 Å². The van der Waals surface area contributed by atoms with E-state index in [-0.39, 0.29) is 16.2 Å². The average Bonchev–Trinajstić information content (AvgIpc) is 3.99. The van der Waals surface area contributed by atoms with Crippen molar-refractivity contribution in [2.45, 2.75) is 64.7 Å². The lowest BCUT2D eigenvalue weighted by Crippen LogP contribution is -2.37. The summed E-state index contributed by atoms with van der Waals surface area (Å²) in [6, 6.07) is 57.2. The van der Waals surface area contributed by atoms with Gasteiger partial charge in [0.25, 0.3) is 0 Å². The van der Waals surface area contributed by atoms with Crippen LogP contribution >= 0.6 is 0 Å². The van der Waals surface area contributed by atoms with Crippen molar-refractivity contribution < 1.29 is 4.42 Å². The van der Waals surface area contributed by atoms with Gasteiger partial charge in [-0.3, -0.25) is 0 Å². The number of rotatable bonds is 4. The summed E-state index contributed by atoms with van der Waals surface area (Å²) < 4.78 is 9.03. The van der Waals surface area contributed by atoms with Crippen molar-refractivity contribution >= 4 is 62.4 Å². The minimum Gasteiger partial charge on any atom is -0.464 e. The summed E-state index contributed by atoms with van der Waals surface area (Å²) in [5.74, 6) is 0. The molecule has 0 fully saturated rings. The maximum absolute atomic E-state index is 6.44. The summed E-state index contributed by atoms with van der Waals surface area (Å²) in [7, 11) is 0.780. The van der Waals surface area contributed by atoms with Gasteiger partial charge in [-0.2, -0.15) is 0 Å². The van der Waals surface area contributed by atoms with Crippen LogP contribution in [0.15, 0.2) is 162 Å². The lowest BCUT2D eigenvalue weighted by Gasteiger charge is -2.26. The predicted octanol–water partition coefficient (Wildman–Crippen LogP) is 14.2. The molecular weight excluding hydrogens is 775 g/mol.